The minimum Gasteiger partial charge on any atom is -0.494 e. The van der Waals surface area contributed by atoms with Gasteiger partial charge in [-0.05, 0) is 25.5 Å². The third-order valence-electron chi connectivity index (χ3n) is 4.77. The second kappa shape index (κ2) is 8.19. The first-order chi connectivity index (χ1) is 14.4. The highest BCUT2D eigenvalue weighted by atomic mass is 35.5. The largest absolute Gasteiger partial charge is 0.494 e. The molecule has 4 rings (SSSR count). The van der Waals surface area contributed by atoms with E-state index in [9.17, 15) is 13.6 Å². The Kier molecular flexibility index (Phi) is 5.61. The summed E-state index contributed by atoms with van der Waals surface area (Å²) in [5.74, 6) is -0.994. The molecule has 3 heterocycles. The van der Waals surface area contributed by atoms with Gasteiger partial charge in [-0.2, -0.15) is 0 Å². The second-order valence-corrected chi connectivity index (χ2v) is 8.22. The van der Waals surface area contributed by atoms with Gasteiger partial charge < -0.3 is 4.74 Å². The summed E-state index contributed by atoms with van der Waals surface area (Å²) in [6.07, 6.45) is 0.930. The molecule has 2 atom stereocenters. The maximum Gasteiger partial charge on any atom is 0.259 e. The van der Waals surface area contributed by atoms with E-state index in [0.29, 0.717) is 34.0 Å². The first-order valence-corrected chi connectivity index (χ1v) is 10.2. The molecule has 0 bridgehead atoms. The number of nitrogens with zero attached hydrogens (tertiary/aromatic N) is 4. The summed E-state index contributed by atoms with van der Waals surface area (Å²) >= 11 is 7.14. The van der Waals surface area contributed by atoms with Crippen LogP contribution >= 0.6 is 22.9 Å². The van der Waals surface area contributed by atoms with E-state index in [0.717, 1.165) is 11.3 Å². The number of rotatable bonds is 6. The van der Waals surface area contributed by atoms with Crippen molar-refractivity contribution in [2.45, 2.75) is 25.7 Å². The molecule has 1 amide bonds. The Bertz CT molecular complexity index is 1110. The van der Waals surface area contributed by atoms with Gasteiger partial charge >= 0.3 is 0 Å². The van der Waals surface area contributed by atoms with Gasteiger partial charge in [0.15, 0.2) is 0 Å². The molecule has 1 aliphatic carbocycles. The van der Waals surface area contributed by atoms with Crippen LogP contribution in [0.4, 0.5) is 13.9 Å². The van der Waals surface area contributed by atoms with E-state index in [1.165, 1.54) is 19.5 Å². The van der Waals surface area contributed by atoms with Gasteiger partial charge in [0.2, 0.25) is 11.6 Å². The lowest BCUT2D eigenvalue weighted by atomic mass is 10.0. The quantitative estimate of drug-likeness (QED) is 0.551. The van der Waals surface area contributed by atoms with Gasteiger partial charge in [-0.25, -0.2) is 13.8 Å². The zero-order valence-corrected chi connectivity index (χ0v) is 17.5. The number of aromatic nitrogens is 4. The highest BCUT2D eigenvalue weighted by Crippen LogP contribution is 2.51. The molecule has 3 aromatic heterocycles. The van der Waals surface area contributed by atoms with Crippen molar-refractivity contribution in [3.05, 3.63) is 45.9 Å². The molecule has 3 aromatic rings. The number of alkyl halides is 2. The molecule has 7 nitrogen and oxygen atoms in total. The van der Waals surface area contributed by atoms with E-state index in [4.69, 9.17) is 16.3 Å². The summed E-state index contributed by atoms with van der Waals surface area (Å²) in [6.45, 7) is 1.80. The SMILES string of the molecule is COc1cnc(Cl)cc1-c1cc(C)ncc1C(=O)Nc1nnc([C@@H]2CC2C(F)F)s1. The van der Waals surface area contributed by atoms with Gasteiger partial charge in [0, 0.05) is 34.9 Å². The molecule has 30 heavy (non-hydrogen) atoms. The van der Waals surface area contributed by atoms with Crippen LogP contribution in [-0.2, 0) is 0 Å². The fourth-order valence-electron chi connectivity index (χ4n) is 3.13. The van der Waals surface area contributed by atoms with Crippen LogP contribution in [0.25, 0.3) is 11.1 Å². The molecule has 1 saturated carbocycles. The van der Waals surface area contributed by atoms with Crippen molar-refractivity contribution < 1.29 is 18.3 Å². The molecule has 0 spiro atoms. The molecule has 1 fully saturated rings. The Labute approximate surface area is 179 Å². The Hall–Kier alpha value is -2.72. The van der Waals surface area contributed by atoms with Crippen LogP contribution in [0.1, 0.15) is 33.4 Å². The van der Waals surface area contributed by atoms with Gasteiger partial charge in [-0.1, -0.05) is 22.9 Å². The van der Waals surface area contributed by atoms with Crippen LogP contribution in [0.3, 0.4) is 0 Å². The standard InChI is InChI=1S/C19H16ClF2N5O2S/c1-8-3-9(10-5-15(20)24-7-14(10)29-2)13(6-23-8)17(28)25-19-27-26-18(30-19)12-4-11(12)16(21)22/h3,5-7,11-12,16H,4H2,1-2H3,(H,25,27,28)/t11?,12-/m1/s1. The molecule has 0 saturated heterocycles. The second-order valence-electron chi connectivity index (χ2n) is 6.82. The van der Waals surface area contributed by atoms with Crippen molar-refractivity contribution in [3.63, 3.8) is 0 Å². The summed E-state index contributed by atoms with van der Waals surface area (Å²) in [4.78, 5) is 21.2. The number of pyridine rings is 2. The zero-order chi connectivity index (χ0) is 21.4. The van der Waals surface area contributed by atoms with Crippen molar-refractivity contribution in [2.24, 2.45) is 5.92 Å². The average Bonchev–Trinajstić information content (AvgIpc) is 3.40. The number of carbonyl (C=O) groups is 1. The smallest absolute Gasteiger partial charge is 0.259 e. The number of hydrogen-bond acceptors (Lipinski definition) is 7. The average molecular weight is 452 g/mol. The van der Waals surface area contributed by atoms with E-state index < -0.39 is 18.3 Å². The number of carbonyl (C=O) groups excluding carboxylic acids is 1. The molecule has 156 valence electrons. The van der Waals surface area contributed by atoms with E-state index >= 15 is 0 Å². The van der Waals surface area contributed by atoms with Crippen LogP contribution in [0.2, 0.25) is 5.15 Å². The Morgan fingerprint density at radius 1 is 1.27 bits per heavy atom. The highest BCUT2D eigenvalue weighted by Gasteiger charge is 2.47. The first kappa shape index (κ1) is 20.5. The Morgan fingerprint density at radius 3 is 2.77 bits per heavy atom. The molecule has 1 N–H and O–H groups in total. The lowest BCUT2D eigenvalue weighted by molar-refractivity contribution is 0.102. The maximum atomic E-state index is 12.9. The lowest BCUT2D eigenvalue weighted by Gasteiger charge is -2.13. The van der Waals surface area contributed by atoms with Gasteiger partial charge in [0.1, 0.15) is 15.9 Å². The number of amides is 1. The van der Waals surface area contributed by atoms with E-state index in [-0.39, 0.29) is 21.8 Å². The summed E-state index contributed by atoms with van der Waals surface area (Å²) < 4.78 is 30.9. The number of aryl methyl sites for hydroxylation is 1. The van der Waals surface area contributed by atoms with Crippen LogP contribution in [0, 0.1) is 12.8 Å². The fourth-order valence-corrected chi connectivity index (χ4v) is 4.22. The fraction of sp³-hybridized carbons (Fsp3) is 0.316. The Balaban J connectivity index is 1.62. The number of nitrogens with one attached hydrogen (secondary N) is 1. The van der Waals surface area contributed by atoms with Gasteiger partial charge in [0.05, 0.1) is 18.9 Å². The number of ether oxygens (including phenoxy) is 1. The summed E-state index contributed by atoms with van der Waals surface area (Å²) in [6, 6.07) is 3.35. The van der Waals surface area contributed by atoms with Crippen molar-refractivity contribution in [3.8, 4) is 16.9 Å². The molecule has 1 unspecified atom stereocenters. The number of methoxy groups -OCH3 is 1. The molecule has 1 aliphatic rings. The number of hydrogen-bond donors (Lipinski definition) is 1. The molecule has 11 heteroatoms. The van der Waals surface area contributed by atoms with Crippen molar-refractivity contribution in [2.75, 3.05) is 12.4 Å². The van der Waals surface area contributed by atoms with Crippen LogP contribution in [0.15, 0.2) is 24.5 Å². The van der Waals surface area contributed by atoms with E-state index in [1.54, 1.807) is 19.1 Å². The minimum atomic E-state index is -2.37. The first-order valence-electron chi connectivity index (χ1n) is 8.96. The highest BCUT2D eigenvalue weighted by molar-refractivity contribution is 7.15. The van der Waals surface area contributed by atoms with Crippen LogP contribution in [0.5, 0.6) is 5.75 Å². The molecule has 0 radical (unpaired) electrons. The molecular weight excluding hydrogens is 436 g/mol. The van der Waals surface area contributed by atoms with E-state index in [1.807, 2.05) is 0 Å². The molecular formula is C19H16ClF2N5O2S. The minimum absolute atomic E-state index is 0.237. The van der Waals surface area contributed by atoms with E-state index in [2.05, 4.69) is 25.5 Å². The lowest BCUT2D eigenvalue weighted by Crippen LogP contribution is -2.14. The summed E-state index contributed by atoms with van der Waals surface area (Å²) in [5.41, 5.74) is 2.12. The van der Waals surface area contributed by atoms with Gasteiger partial charge in [0.25, 0.3) is 5.91 Å². The van der Waals surface area contributed by atoms with Crippen LogP contribution in [-0.4, -0.2) is 39.6 Å². The predicted octanol–water partition coefficient (Wildman–Crippen LogP) is 4.59. The summed E-state index contributed by atoms with van der Waals surface area (Å²) in [7, 11) is 1.50. The van der Waals surface area contributed by atoms with Crippen molar-refractivity contribution in [1.29, 1.82) is 0 Å². The van der Waals surface area contributed by atoms with Gasteiger partial charge in [-0.3, -0.25) is 15.1 Å². The monoisotopic (exact) mass is 451 g/mol. The third-order valence-corrected chi connectivity index (χ3v) is 5.95. The number of halogens is 3. The van der Waals surface area contributed by atoms with Crippen LogP contribution < -0.4 is 10.1 Å². The molecule has 0 aromatic carbocycles. The van der Waals surface area contributed by atoms with Crippen molar-refractivity contribution in [1.82, 2.24) is 20.2 Å². The third kappa shape index (κ3) is 4.10. The van der Waals surface area contributed by atoms with Crippen molar-refractivity contribution >= 4 is 34.0 Å². The zero-order valence-electron chi connectivity index (χ0n) is 15.9. The number of anilines is 1. The topological polar surface area (TPSA) is 89.9 Å². The Morgan fingerprint density at radius 2 is 2.07 bits per heavy atom. The normalized spacial score (nSPS) is 17.8. The maximum absolute atomic E-state index is 12.9. The molecule has 0 aliphatic heterocycles. The van der Waals surface area contributed by atoms with Gasteiger partial charge in [-0.15, -0.1) is 10.2 Å². The summed E-state index contributed by atoms with van der Waals surface area (Å²) in [5, 5.41) is 11.5. The predicted molar refractivity (Wildman–Crippen MR) is 108 cm³/mol.